The molecule has 4 heteroatoms. The van der Waals surface area contributed by atoms with Gasteiger partial charge in [-0.15, -0.1) is 0 Å². The van der Waals surface area contributed by atoms with E-state index in [1.165, 1.54) is 0 Å². The second kappa shape index (κ2) is 5.34. The molecule has 2 aromatic carbocycles. The zero-order valence-electron chi connectivity index (χ0n) is 10.4. The maximum atomic E-state index is 13.1. The number of hydrogen-bond acceptors (Lipinski definition) is 1. The molecule has 1 atom stereocenters. The summed E-state index contributed by atoms with van der Waals surface area (Å²) in [5, 5.41) is 10.4. The van der Waals surface area contributed by atoms with Crippen molar-refractivity contribution in [1.29, 1.82) is 0 Å². The average molecular weight is 264 g/mol. The van der Waals surface area contributed by atoms with E-state index in [1.54, 1.807) is 24.3 Å². The quantitative estimate of drug-likeness (QED) is 0.907. The molecule has 2 rings (SSSR count). The van der Waals surface area contributed by atoms with E-state index in [2.05, 4.69) is 0 Å². The van der Waals surface area contributed by atoms with Crippen molar-refractivity contribution in [3.8, 4) is 0 Å². The Balaban J connectivity index is 2.60. The van der Waals surface area contributed by atoms with E-state index in [4.69, 9.17) is 5.11 Å². The SMILES string of the molecule is Cc1ccc(C(CC(=O)O)C(F)F)c2ccccc12. The van der Waals surface area contributed by atoms with Crippen LogP contribution in [0.25, 0.3) is 10.8 Å². The number of aliphatic carboxylic acids is 1. The van der Waals surface area contributed by atoms with E-state index >= 15 is 0 Å². The normalized spacial score (nSPS) is 12.8. The minimum absolute atomic E-state index is 0.401. The fraction of sp³-hybridized carbons (Fsp3) is 0.267. The van der Waals surface area contributed by atoms with E-state index < -0.39 is 24.7 Å². The Morgan fingerprint density at radius 2 is 1.79 bits per heavy atom. The average Bonchev–Trinajstić information content (AvgIpc) is 2.37. The van der Waals surface area contributed by atoms with Gasteiger partial charge < -0.3 is 5.11 Å². The van der Waals surface area contributed by atoms with E-state index in [0.717, 1.165) is 10.9 Å². The molecule has 0 aliphatic heterocycles. The lowest BCUT2D eigenvalue weighted by atomic mass is 9.90. The smallest absolute Gasteiger partial charge is 0.304 e. The predicted octanol–water partition coefficient (Wildman–Crippen LogP) is 3.97. The number of carboxylic acids is 1. The van der Waals surface area contributed by atoms with Crippen LogP contribution in [0.1, 0.15) is 23.5 Å². The minimum atomic E-state index is -2.69. The first kappa shape index (κ1) is 13.5. The molecule has 0 heterocycles. The molecule has 0 amide bonds. The van der Waals surface area contributed by atoms with Crippen LogP contribution >= 0.6 is 0 Å². The third kappa shape index (κ3) is 2.72. The van der Waals surface area contributed by atoms with Crippen LogP contribution in [0.2, 0.25) is 0 Å². The van der Waals surface area contributed by atoms with E-state index in [0.29, 0.717) is 10.9 Å². The van der Waals surface area contributed by atoms with Gasteiger partial charge in [0.2, 0.25) is 6.43 Å². The summed E-state index contributed by atoms with van der Waals surface area (Å²) in [5.74, 6) is -2.49. The van der Waals surface area contributed by atoms with Crippen LogP contribution in [0.15, 0.2) is 36.4 Å². The Morgan fingerprint density at radius 1 is 1.16 bits per heavy atom. The van der Waals surface area contributed by atoms with Gasteiger partial charge in [0.05, 0.1) is 12.3 Å². The van der Waals surface area contributed by atoms with Gasteiger partial charge in [-0.2, -0.15) is 0 Å². The first-order chi connectivity index (χ1) is 9.00. The molecule has 0 aliphatic carbocycles. The number of benzene rings is 2. The Bertz CT molecular complexity index is 608. The maximum absolute atomic E-state index is 13.1. The molecule has 0 radical (unpaired) electrons. The summed E-state index contributed by atoms with van der Waals surface area (Å²) in [6.45, 7) is 1.90. The molecule has 0 fully saturated rings. The number of carboxylic acid groups (broad SMARTS) is 1. The largest absolute Gasteiger partial charge is 0.481 e. The molecule has 2 aromatic rings. The van der Waals surface area contributed by atoms with Crippen molar-refractivity contribution in [2.75, 3.05) is 0 Å². The van der Waals surface area contributed by atoms with E-state index in [9.17, 15) is 13.6 Å². The fourth-order valence-electron chi connectivity index (χ4n) is 2.32. The Labute approximate surface area is 109 Å². The molecular formula is C15H14F2O2. The molecule has 19 heavy (non-hydrogen) atoms. The van der Waals surface area contributed by atoms with Gasteiger partial charge in [0.1, 0.15) is 0 Å². The molecule has 0 aromatic heterocycles. The van der Waals surface area contributed by atoms with Gasteiger partial charge in [0, 0.05) is 0 Å². The zero-order chi connectivity index (χ0) is 14.0. The zero-order valence-corrected chi connectivity index (χ0v) is 10.4. The molecule has 2 nitrogen and oxygen atoms in total. The first-order valence-electron chi connectivity index (χ1n) is 5.99. The third-order valence-electron chi connectivity index (χ3n) is 3.27. The third-order valence-corrected chi connectivity index (χ3v) is 3.27. The van der Waals surface area contributed by atoms with Crippen molar-refractivity contribution in [3.05, 3.63) is 47.5 Å². The monoisotopic (exact) mass is 264 g/mol. The lowest BCUT2D eigenvalue weighted by molar-refractivity contribution is -0.138. The van der Waals surface area contributed by atoms with Crippen LogP contribution in [-0.4, -0.2) is 17.5 Å². The molecule has 1 unspecified atom stereocenters. The van der Waals surface area contributed by atoms with Crippen molar-refractivity contribution in [2.24, 2.45) is 0 Å². The van der Waals surface area contributed by atoms with Crippen molar-refractivity contribution in [3.63, 3.8) is 0 Å². The van der Waals surface area contributed by atoms with Crippen LogP contribution in [0.3, 0.4) is 0 Å². The van der Waals surface area contributed by atoms with E-state index in [1.807, 2.05) is 19.1 Å². The number of alkyl halides is 2. The number of fused-ring (bicyclic) bond motifs is 1. The number of aryl methyl sites for hydroxylation is 1. The Hall–Kier alpha value is -1.97. The molecule has 0 saturated heterocycles. The van der Waals surface area contributed by atoms with Crippen molar-refractivity contribution in [2.45, 2.75) is 25.7 Å². The van der Waals surface area contributed by atoms with Gasteiger partial charge in [-0.25, -0.2) is 8.78 Å². The predicted molar refractivity (Wildman–Crippen MR) is 69.7 cm³/mol. The molecular weight excluding hydrogens is 250 g/mol. The standard InChI is InChI=1S/C15H14F2O2/c1-9-6-7-12(11-5-3-2-4-10(9)11)13(15(16)17)8-14(18)19/h2-7,13,15H,8H2,1H3,(H,18,19). The van der Waals surface area contributed by atoms with Crippen molar-refractivity contribution in [1.82, 2.24) is 0 Å². The van der Waals surface area contributed by atoms with Gasteiger partial charge in [0.15, 0.2) is 0 Å². The highest BCUT2D eigenvalue weighted by molar-refractivity contribution is 5.89. The molecule has 0 saturated carbocycles. The van der Waals surface area contributed by atoms with Gasteiger partial charge in [-0.3, -0.25) is 4.79 Å². The van der Waals surface area contributed by atoms with Crippen LogP contribution in [0.4, 0.5) is 8.78 Å². The summed E-state index contributed by atoms with van der Waals surface area (Å²) in [4.78, 5) is 10.8. The lowest BCUT2D eigenvalue weighted by Gasteiger charge is -2.17. The van der Waals surface area contributed by atoms with Gasteiger partial charge in [0.25, 0.3) is 0 Å². The van der Waals surface area contributed by atoms with Crippen LogP contribution in [0.5, 0.6) is 0 Å². The molecule has 0 aliphatic rings. The highest BCUT2D eigenvalue weighted by atomic mass is 19.3. The topological polar surface area (TPSA) is 37.3 Å². The van der Waals surface area contributed by atoms with Crippen LogP contribution in [0, 0.1) is 6.92 Å². The number of rotatable bonds is 4. The molecule has 0 bridgehead atoms. The minimum Gasteiger partial charge on any atom is -0.481 e. The van der Waals surface area contributed by atoms with Crippen molar-refractivity contribution >= 4 is 16.7 Å². The Kier molecular flexibility index (Phi) is 3.79. The number of hydrogen-bond donors (Lipinski definition) is 1. The number of carbonyl (C=O) groups is 1. The van der Waals surface area contributed by atoms with Crippen LogP contribution in [-0.2, 0) is 4.79 Å². The molecule has 0 spiro atoms. The summed E-state index contributed by atoms with van der Waals surface area (Å²) in [7, 11) is 0. The summed E-state index contributed by atoms with van der Waals surface area (Å²) in [5.41, 5.74) is 1.39. The summed E-state index contributed by atoms with van der Waals surface area (Å²) in [6, 6.07) is 10.6. The van der Waals surface area contributed by atoms with E-state index in [-0.39, 0.29) is 0 Å². The summed E-state index contributed by atoms with van der Waals surface area (Å²) in [6.07, 6.45) is -3.26. The highest BCUT2D eigenvalue weighted by Crippen LogP contribution is 2.33. The second-order valence-electron chi connectivity index (χ2n) is 4.56. The summed E-state index contributed by atoms with van der Waals surface area (Å²) < 4.78 is 26.2. The maximum Gasteiger partial charge on any atom is 0.304 e. The Morgan fingerprint density at radius 3 is 2.37 bits per heavy atom. The number of halogens is 2. The highest BCUT2D eigenvalue weighted by Gasteiger charge is 2.26. The van der Waals surface area contributed by atoms with Gasteiger partial charge in [-0.05, 0) is 28.8 Å². The second-order valence-corrected chi connectivity index (χ2v) is 4.56. The van der Waals surface area contributed by atoms with Crippen LogP contribution < -0.4 is 0 Å². The van der Waals surface area contributed by atoms with Crippen molar-refractivity contribution < 1.29 is 18.7 Å². The van der Waals surface area contributed by atoms with Gasteiger partial charge >= 0.3 is 5.97 Å². The molecule has 1 N–H and O–H groups in total. The first-order valence-corrected chi connectivity index (χ1v) is 5.99. The fourth-order valence-corrected chi connectivity index (χ4v) is 2.32. The van der Waals surface area contributed by atoms with Gasteiger partial charge in [-0.1, -0.05) is 36.4 Å². The summed E-state index contributed by atoms with van der Waals surface area (Å²) >= 11 is 0. The molecule has 100 valence electrons. The lowest BCUT2D eigenvalue weighted by Crippen LogP contribution is -2.14.